The highest BCUT2D eigenvalue weighted by Gasteiger charge is 2.25. The van der Waals surface area contributed by atoms with Crippen molar-refractivity contribution >= 4 is 12.1 Å². The lowest BCUT2D eigenvalue weighted by atomic mass is 10.1. The van der Waals surface area contributed by atoms with E-state index in [4.69, 9.17) is 9.47 Å². The van der Waals surface area contributed by atoms with E-state index in [0.29, 0.717) is 13.0 Å². The largest absolute Gasteiger partial charge is 0.464 e. The average molecular weight is 335 g/mol. The molecular weight excluding hydrogens is 306 g/mol. The summed E-state index contributed by atoms with van der Waals surface area (Å²) in [5.41, 5.74) is 0.330. The van der Waals surface area contributed by atoms with E-state index in [9.17, 15) is 9.59 Å². The molecule has 1 N–H and O–H groups in total. The van der Waals surface area contributed by atoms with Crippen molar-refractivity contribution in [3.63, 3.8) is 0 Å². The molecule has 0 spiro atoms. The van der Waals surface area contributed by atoms with E-state index in [2.05, 4.69) is 12.2 Å². The number of hydrogen-bond donors (Lipinski definition) is 1. The van der Waals surface area contributed by atoms with Gasteiger partial charge in [0.1, 0.15) is 11.6 Å². The monoisotopic (exact) mass is 335 g/mol. The standard InChI is InChI=1S/C19H29NO4/c1-5-6-10-13-23-17(21)16(14-15-11-8-7-9-12-15)20-18(22)24-19(2,3)4/h7-9,11-12,16H,5-6,10,13-14H2,1-4H3,(H,20,22)/t16-/m0/s1. The number of rotatable bonds is 8. The van der Waals surface area contributed by atoms with Gasteiger partial charge in [-0.15, -0.1) is 0 Å². The van der Waals surface area contributed by atoms with Crippen molar-refractivity contribution in [2.24, 2.45) is 0 Å². The van der Waals surface area contributed by atoms with E-state index < -0.39 is 23.7 Å². The first-order valence-corrected chi connectivity index (χ1v) is 8.52. The minimum Gasteiger partial charge on any atom is -0.464 e. The molecule has 24 heavy (non-hydrogen) atoms. The molecule has 134 valence electrons. The molecule has 0 aromatic heterocycles. The van der Waals surface area contributed by atoms with Crippen molar-refractivity contribution in [1.29, 1.82) is 0 Å². The zero-order chi connectivity index (χ0) is 18.0. The minimum absolute atomic E-state index is 0.368. The fraction of sp³-hybridized carbons (Fsp3) is 0.579. The summed E-state index contributed by atoms with van der Waals surface area (Å²) in [6.45, 7) is 7.80. The van der Waals surface area contributed by atoms with Gasteiger partial charge in [0.25, 0.3) is 0 Å². The van der Waals surface area contributed by atoms with Gasteiger partial charge in [-0.1, -0.05) is 50.1 Å². The van der Waals surface area contributed by atoms with E-state index >= 15 is 0 Å². The fourth-order valence-electron chi connectivity index (χ4n) is 2.12. The number of hydrogen-bond acceptors (Lipinski definition) is 4. The molecule has 0 unspecified atom stereocenters. The predicted octanol–water partition coefficient (Wildman–Crippen LogP) is 3.86. The molecule has 0 saturated heterocycles. The topological polar surface area (TPSA) is 64.6 Å². The van der Waals surface area contributed by atoms with Crippen molar-refractivity contribution in [3.05, 3.63) is 35.9 Å². The zero-order valence-electron chi connectivity index (χ0n) is 15.1. The molecule has 0 saturated carbocycles. The van der Waals surface area contributed by atoms with Gasteiger partial charge in [-0.05, 0) is 32.8 Å². The molecule has 1 aromatic rings. The van der Waals surface area contributed by atoms with Crippen LogP contribution in [0.3, 0.4) is 0 Å². The van der Waals surface area contributed by atoms with Crippen LogP contribution in [-0.4, -0.2) is 30.3 Å². The van der Waals surface area contributed by atoms with Gasteiger partial charge in [0, 0.05) is 6.42 Å². The van der Waals surface area contributed by atoms with Crippen LogP contribution in [0.2, 0.25) is 0 Å². The first-order chi connectivity index (χ1) is 11.3. The molecule has 0 radical (unpaired) electrons. The molecule has 1 rings (SSSR count). The number of nitrogens with one attached hydrogen (secondary N) is 1. The molecule has 0 aliphatic heterocycles. The van der Waals surface area contributed by atoms with E-state index in [1.165, 1.54) is 0 Å². The summed E-state index contributed by atoms with van der Waals surface area (Å²) in [6, 6.07) is 8.76. The van der Waals surface area contributed by atoms with Gasteiger partial charge >= 0.3 is 12.1 Å². The number of carbonyl (C=O) groups excluding carboxylic acids is 2. The lowest BCUT2D eigenvalue weighted by Crippen LogP contribution is -2.45. The molecule has 1 aromatic carbocycles. The minimum atomic E-state index is -0.760. The number of ether oxygens (including phenoxy) is 2. The quantitative estimate of drug-likeness (QED) is 0.579. The SMILES string of the molecule is CCCCCOC(=O)[C@H](Cc1ccccc1)NC(=O)OC(C)(C)C. The highest BCUT2D eigenvalue weighted by molar-refractivity contribution is 5.81. The Bertz CT molecular complexity index is 508. The Morgan fingerprint density at radius 3 is 2.38 bits per heavy atom. The average Bonchev–Trinajstić information content (AvgIpc) is 2.50. The first kappa shape index (κ1) is 20.0. The summed E-state index contributed by atoms with van der Waals surface area (Å²) >= 11 is 0. The summed E-state index contributed by atoms with van der Waals surface area (Å²) in [6.07, 6.45) is 2.64. The van der Waals surface area contributed by atoms with Crippen molar-refractivity contribution in [2.45, 2.75) is 65.0 Å². The maximum absolute atomic E-state index is 12.3. The number of unbranched alkanes of at least 4 members (excludes halogenated alkanes) is 2. The number of benzene rings is 1. The van der Waals surface area contributed by atoms with Crippen LogP contribution in [0.4, 0.5) is 4.79 Å². The van der Waals surface area contributed by atoms with E-state index in [-0.39, 0.29) is 0 Å². The van der Waals surface area contributed by atoms with Crippen LogP contribution in [0.5, 0.6) is 0 Å². The van der Waals surface area contributed by atoms with Crippen LogP contribution in [-0.2, 0) is 20.7 Å². The summed E-state index contributed by atoms with van der Waals surface area (Å²) in [5.74, 6) is -0.430. The fourth-order valence-corrected chi connectivity index (χ4v) is 2.12. The number of esters is 1. The van der Waals surface area contributed by atoms with Crippen LogP contribution >= 0.6 is 0 Å². The Kier molecular flexibility index (Phi) is 8.30. The lowest BCUT2D eigenvalue weighted by Gasteiger charge is -2.23. The second-order valence-corrected chi connectivity index (χ2v) is 6.76. The zero-order valence-corrected chi connectivity index (χ0v) is 15.1. The Balaban J connectivity index is 2.67. The van der Waals surface area contributed by atoms with Crippen LogP contribution in [0, 0.1) is 0 Å². The second-order valence-electron chi connectivity index (χ2n) is 6.76. The highest BCUT2D eigenvalue weighted by atomic mass is 16.6. The molecule has 1 amide bonds. The van der Waals surface area contributed by atoms with Crippen molar-refractivity contribution in [1.82, 2.24) is 5.32 Å². The van der Waals surface area contributed by atoms with E-state index in [1.54, 1.807) is 20.8 Å². The summed E-state index contributed by atoms with van der Waals surface area (Å²) in [5, 5.41) is 2.63. The third-order valence-corrected chi connectivity index (χ3v) is 3.25. The van der Waals surface area contributed by atoms with Crippen LogP contribution < -0.4 is 5.32 Å². The molecule has 5 nitrogen and oxygen atoms in total. The molecule has 1 atom stereocenters. The van der Waals surface area contributed by atoms with Gasteiger partial charge in [0.15, 0.2) is 0 Å². The Hall–Kier alpha value is -2.04. The van der Waals surface area contributed by atoms with Gasteiger partial charge in [-0.25, -0.2) is 9.59 Å². The first-order valence-electron chi connectivity index (χ1n) is 8.52. The van der Waals surface area contributed by atoms with Crippen molar-refractivity contribution in [2.75, 3.05) is 6.61 Å². The predicted molar refractivity (Wildman–Crippen MR) is 93.8 cm³/mol. The molecule has 0 heterocycles. The Morgan fingerprint density at radius 1 is 1.12 bits per heavy atom. The smallest absolute Gasteiger partial charge is 0.408 e. The molecule has 0 aliphatic carbocycles. The molecular formula is C19H29NO4. The van der Waals surface area contributed by atoms with Gasteiger partial charge in [0.2, 0.25) is 0 Å². The summed E-state index contributed by atoms with van der Waals surface area (Å²) in [4.78, 5) is 24.3. The van der Waals surface area contributed by atoms with E-state index in [0.717, 1.165) is 24.8 Å². The molecule has 5 heteroatoms. The van der Waals surface area contributed by atoms with Gasteiger partial charge in [-0.2, -0.15) is 0 Å². The van der Waals surface area contributed by atoms with Crippen molar-refractivity contribution in [3.8, 4) is 0 Å². The van der Waals surface area contributed by atoms with Crippen LogP contribution in [0.25, 0.3) is 0 Å². The van der Waals surface area contributed by atoms with Crippen LogP contribution in [0.15, 0.2) is 30.3 Å². The van der Waals surface area contributed by atoms with Gasteiger partial charge in [-0.3, -0.25) is 0 Å². The van der Waals surface area contributed by atoms with E-state index in [1.807, 2.05) is 30.3 Å². The molecule has 0 fully saturated rings. The second kappa shape index (κ2) is 9.96. The lowest BCUT2D eigenvalue weighted by molar-refractivity contribution is -0.146. The molecule has 0 bridgehead atoms. The third-order valence-electron chi connectivity index (χ3n) is 3.25. The Morgan fingerprint density at radius 2 is 1.79 bits per heavy atom. The number of amides is 1. The van der Waals surface area contributed by atoms with Gasteiger partial charge < -0.3 is 14.8 Å². The van der Waals surface area contributed by atoms with Crippen molar-refractivity contribution < 1.29 is 19.1 Å². The Labute approximate surface area is 144 Å². The molecule has 0 aliphatic rings. The van der Waals surface area contributed by atoms with Crippen LogP contribution in [0.1, 0.15) is 52.5 Å². The summed E-state index contributed by atoms with van der Waals surface area (Å²) < 4.78 is 10.5. The maximum Gasteiger partial charge on any atom is 0.408 e. The summed E-state index contributed by atoms with van der Waals surface area (Å²) in [7, 11) is 0. The highest BCUT2D eigenvalue weighted by Crippen LogP contribution is 2.09. The third kappa shape index (κ3) is 8.56. The normalized spacial score (nSPS) is 12.3. The maximum atomic E-state index is 12.3. The number of carbonyl (C=O) groups is 2. The number of alkyl carbamates (subject to hydrolysis) is 1. The van der Waals surface area contributed by atoms with Gasteiger partial charge in [0.05, 0.1) is 6.61 Å².